The van der Waals surface area contributed by atoms with Crippen LogP contribution in [0.3, 0.4) is 0 Å². The molecule has 3 aromatic rings. The Hall–Kier alpha value is -4.14. The van der Waals surface area contributed by atoms with Crippen LogP contribution in [0.15, 0.2) is 54.7 Å². The first-order valence-corrected chi connectivity index (χ1v) is 10.6. The zero-order valence-corrected chi connectivity index (χ0v) is 18.0. The zero-order chi connectivity index (χ0) is 23.4. The molecule has 9 nitrogen and oxygen atoms in total. The average Bonchev–Trinajstić information content (AvgIpc) is 3.35. The molecule has 0 radical (unpaired) electrons. The van der Waals surface area contributed by atoms with Crippen LogP contribution in [0.25, 0.3) is 11.1 Å². The highest BCUT2D eigenvalue weighted by Crippen LogP contribution is 2.44. The van der Waals surface area contributed by atoms with Gasteiger partial charge in [-0.1, -0.05) is 48.5 Å². The SMILES string of the molecule is Cc1cn[nH]c1NC(=O)C(CCC(=O)O)NC(=O)OCC1c2ccccc2-c2ccccc21. The van der Waals surface area contributed by atoms with E-state index in [1.165, 1.54) is 0 Å². The second-order valence-electron chi connectivity index (χ2n) is 7.87. The molecule has 1 aliphatic carbocycles. The largest absolute Gasteiger partial charge is 0.481 e. The molecule has 9 heteroatoms. The molecule has 1 aliphatic rings. The molecule has 0 saturated heterocycles. The summed E-state index contributed by atoms with van der Waals surface area (Å²) in [6, 6.07) is 14.9. The number of hydrogen-bond acceptors (Lipinski definition) is 5. The van der Waals surface area contributed by atoms with Crippen molar-refractivity contribution in [2.45, 2.75) is 31.7 Å². The number of alkyl carbamates (subject to hydrolysis) is 1. The van der Waals surface area contributed by atoms with Gasteiger partial charge in [0.05, 0.1) is 6.20 Å². The lowest BCUT2D eigenvalue weighted by molar-refractivity contribution is -0.137. The Morgan fingerprint density at radius 3 is 2.30 bits per heavy atom. The molecule has 33 heavy (non-hydrogen) atoms. The van der Waals surface area contributed by atoms with Crippen LogP contribution in [0.4, 0.5) is 10.6 Å². The number of aromatic amines is 1. The number of benzene rings is 2. The Balaban J connectivity index is 1.43. The molecule has 0 saturated carbocycles. The third kappa shape index (κ3) is 4.87. The molecule has 0 spiro atoms. The van der Waals surface area contributed by atoms with Crippen LogP contribution in [0.1, 0.15) is 35.4 Å². The lowest BCUT2D eigenvalue weighted by atomic mass is 9.98. The fraction of sp³-hybridized carbons (Fsp3) is 0.250. The minimum atomic E-state index is -1.08. The topological polar surface area (TPSA) is 133 Å². The summed E-state index contributed by atoms with van der Waals surface area (Å²) in [6.07, 6.45) is 0.382. The first-order valence-electron chi connectivity index (χ1n) is 10.6. The van der Waals surface area contributed by atoms with Crippen molar-refractivity contribution in [2.75, 3.05) is 11.9 Å². The molecule has 2 aromatic carbocycles. The molecule has 1 aromatic heterocycles. The van der Waals surface area contributed by atoms with E-state index in [0.717, 1.165) is 22.3 Å². The van der Waals surface area contributed by atoms with E-state index in [1.807, 2.05) is 48.5 Å². The maximum absolute atomic E-state index is 12.7. The van der Waals surface area contributed by atoms with Crippen molar-refractivity contribution < 1.29 is 24.2 Å². The van der Waals surface area contributed by atoms with Crippen molar-refractivity contribution >= 4 is 23.8 Å². The fourth-order valence-electron chi connectivity index (χ4n) is 4.00. The summed E-state index contributed by atoms with van der Waals surface area (Å²) in [7, 11) is 0. The normalized spacial score (nSPS) is 13.0. The number of anilines is 1. The van der Waals surface area contributed by atoms with E-state index in [9.17, 15) is 14.4 Å². The van der Waals surface area contributed by atoms with Crippen molar-refractivity contribution in [1.82, 2.24) is 15.5 Å². The van der Waals surface area contributed by atoms with E-state index in [0.29, 0.717) is 11.4 Å². The molecule has 1 heterocycles. The number of carboxylic acid groups (broad SMARTS) is 1. The standard InChI is InChI=1S/C24H24N4O5/c1-14-12-25-28-22(14)27-23(31)20(10-11-21(29)30)26-24(32)33-13-19-17-8-4-2-6-15(17)16-7-3-5-9-18(16)19/h2-9,12,19-20H,10-11,13H2,1H3,(H,26,32)(H,29,30)(H2,25,27,28,31). The van der Waals surface area contributed by atoms with Gasteiger partial charge in [0.15, 0.2) is 0 Å². The number of carbonyl (C=O) groups is 3. The van der Waals surface area contributed by atoms with E-state index in [-0.39, 0.29) is 25.4 Å². The molecular formula is C24H24N4O5. The molecule has 1 unspecified atom stereocenters. The smallest absolute Gasteiger partial charge is 0.407 e. The number of nitrogens with zero attached hydrogens (tertiary/aromatic N) is 1. The number of aliphatic carboxylic acids is 1. The van der Waals surface area contributed by atoms with Crippen molar-refractivity contribution in [1.29, 1.82) is 0 Å². The Labute approximate surface area is 190 Å². The summed E-state index contributed by atoms with van der Waals surface area (Å²) in [5.41, 5.74) is 5.07. The summed E-state index contributed by atoms with van der Waals surface area (Å²) in [6.45, 7) is 1.84. The summed E-state index contributed by atoms with van der Waals surface area (Å²) in [5.74, 6) is -1.37. The van der Waals surface area contributed by atoms with Gasteiger partial charge in [0.25, 0.3) is 0 Å². The maximum Gasteiger partial charge on any atom is 0.407 e. The van der Waals surface area contributed by atoms with Gasteiger partial charge in [-0.05, 0) is 35.6 Å². The summed E-state index contributed by atoms with van der Waals surface area (Å²) in [4.78, 5) is 36.3. The molecule has 2 amide bonds. The Kier molecular flexibility index (Phi) is 6.39. The van der Waals surface area contributed by atoms with E-state index in [4.69, 9.17) is 9.84 Å². The molecule has 4 rings (SSSR count). The van der Waals surface area contributed by atoms with Crippen molar-refractivity contribution in [3.8, 4) is 11.1 Å². The monoisotopic (exact) mass is 448 g/mol. The van der Waals surface area contributed by atoms with Gasteiger partial charge in [0.2, 0.25) is 5.91 Å². The number of H-pyrrole nitrogens is 1. The van der Waals surface area contributed by atoms with Crippen molar-refractivity contribution in [3.63, 3.8) is 0 Å². The summed E-state index contributed by atoms with van der Waals surface area (Å²) >= 11 is 0. The van der Waals surface area contributed by atoms with Crippen LogP contribution in [-0.4, -0.2) is 45.9 Å². The van der Waals surface area contributed by atoms with Crippen LogP contribution in [-0.2, 0) is 14.3 Å². The van der Waals surface area contributed by atoms with Gasteiger partial charge in [-0.2, -0.15) is 5.10 Å². The van der Waals surface area contributed by atoms with Gasteiger partial charge >= 0.3 is 12.1 Å². The Morgan fingerprint density at radius 1 is 1.09 bits per heavy atom. The predicted molar refractivity (Wildman–Crippen MR) is 121 cm³/mol. The number of rotatable bonds is 8. The van der Waals surface area contributed by atoms with Crippen molar-refractivity contribution in [3.05, 3.63) is 71.4 Å². The quantitative estimate of drug-likeness (QED) is 0.417. The Morgan fingerprint density at radius 2 is 1.73 bits per heavy atom. The van der Waals surface area contributed by atoms with Gasteiger partial charge in [0.1, 0.15) is 18.5 Å². The molecule has 0 bridgehead atoms. The van der Waals surface area contributed by atoms with Crippen LogP contribution >= 0.6 is 0 Å². The van der Waals surface area contributed by atoms with E-state index >= 15 is 0 Å². The molecule has 0 aliphatic heterocycles. The minimum absolute atomic E-state index is 0.0848. The highest BCUT2D eigenvalue weighted by atomic mass is 16.5. The first kappa shape index (κ1) is 22.1. The van der Waals surface area contributed by atoms with Gasteiger partial charge in [-0.25, -0.2) is 4.79 Å². The second kappa shape index (κ2) is 9.56. The summed E-state index contributed by atoms with van der Waals surface area (Å²) in [5, 5.41) is 20.6. The molecule has 4 N–H and O–H groups in total. The minimum Gasteiger partial charge on any atom is -0.481 e. The summed E-state index contributed by atoms with van der Waals surface area (Å²) < 4.78 is 5.49. The van der Waals surface area contributed by atoms with E-state index in [1.54, 1.807) is 13.1 Å². The predicted octanol–water partition coefficient (Wildman–Crippen LogP) is 3.43. The second-order valence-corrected chi connectivity index (χ2v) is 7.87. The van der Waals surface area contributed by atoms with Crippen molar-refractivity contribution in [2.24, 2.45) is 0 Å². The number of aryl methyl sites for hydroxylation is 1. The molecule has 1 atom stereocenters. The number of amides is 2. The third-order valence-corrected chi connectivity index (χ3v) is 5.68. The van der Waals surface area contributed by atoms with Gasteiger partial charge in [0, 0.05) is 17.9 Å². The Bertz CT molecular complexity index is 1140. The number of ether oxygens (including phenoxy) is 1. The van der Waals surface area contributed by atoms with Crippen LogP contribution < -0.4 is 10.6 Å². The maximum atomic E-state index is 12.7. The van der Waals surface area contributed by atoms with E-state index < -0.39 is 24.0 Å². The van der Waals surface area contributed by atoms with Crippen LogP contribution in [0.5, 0.6) is 0 Å². The van der Waals surface area contributed by atoms with Crippen LogP contribution in [0.2, 0.25) is 0 Å². The number of carbonyl (C=O) groups excluding carboxylic acids is 2. The van der Waals surface area contributed by atoms with Gasteiger partial charge in [-0.3, -0.25) is 14.7 Å². The highest BCUT2D eigenvalue weighted by molar-refractivity contribution is 5.96. The number of hydrogen-bond donors (Lipinski definition) is 4. The number of carboxylic acids is 1. The fourth-order valence-corrected chi connectivity index (χ4v) is 4.00. The molecule has 170 valence electrons. The van der Waals surface area contributed by atoms with Crippen LogP contribution in [0, 0.1) is 6.92 Å². The first-order chi connectivity index (χ1) is 15.9. The molecular weight excluding hydrogens is 424 g/mol. The molecule has 0 fully saturated rings. The van der Waals surface area contributed by atoms with Gasteiger partial charge < -0.3 is 20.5 Å². The third-order valence-electron chi connectivity index (χ3n) is 5.68. The average molecular weight is 448 g/mol. The number of aromatic nitrogens is 2. The van der Waals surface area contributed by atoms with Gasteiger partial charge in [-0.15, -0.1) is 0 Å². The lowest BCUT2D eigenvalue weighted by Crippen LogP contribution is -2.44. The zero-order valence-electron chi connectivity index (χ0n) is 18.0. The van der Waals surface area contributed by atoms with E-state index in [2.05, 4.69) is 20.8 Å². The highest BCUT2D eigenvalue weighted by Gasteiger charge is 2.30. The lowest BCUT2D eigenvalue weighted by Gasteiger charge is -2.19. The number of fused-ring (bicyclic) bond motifs is 3. The number of nitrogens with one attached hydrogen (secondary N) is 3.